The summed E-state index contributed by atoms with van der Waals surface area (Å²) in [6, 6.07) is 18.8. The Kier molecular flexibility index (Phi) is 12.0. The smallest absolute Gasteiger partial charge is 0.480 e. The Labute approximate surface area is 296 Å². The number of aromatic nitrogens is 1. The fraction of sp³-hybridized carbons (Fsp3) is 0.243. The van der Waals surface area contributed by atoms with E-state index in [9.17, 15) is 42.3 Å². The van der Waals surface area contributed by atoms with E-state index in [1.165, 1.54) is 61.5 Å². The lowest BCUT2D eigenvalue weighted by Crippen LogP contribution is -2.50. The summed E-state index contributed by atoms with van der Waals surface area (Å²) in [6.07, 6.45) is -5.23. The zero-order valence-electron chi connectivity index (χ0n) is 28.4. The third-order valence-corrected chi connectivity index (χ3v) is 7.92. The summed E-state index contributed by atoms with van der Waals surface area (Å²) in [4.78, 5) is 70.5. The van der Waals surface area contributed by atoms with Gasteiger partial charge in [0.25, 0.3) is 11.8 Å². The van der Waals surface area contributed by atoms with Gasteiger partial charge in [0, 0.05) is 25.7 Å². The van der Waals surface area contributed by atoms with E-state index < -0.39 is 65.7 Å². The number of nitrogens with zero attached hydrogens (tertiary/aromatic N) is 2. The van der Waals surface area contributed by atoms with Crippen molar-refractivity contribution in [1.82, 2.24) is 9.88 Å². The van der Waals surface area contributed by atoms with Crippen LogP contribution in [0.3, 0.4) is 0 Å². The largest absolute Gasteiger partial charge is 0.515 e. The number of carboxylic acid groups (broad SMARTS) is 1. The third kappa shape index (κ3) is 8.72. The van der Waals surface area contributed by atoms with Gasteiger partial charge < -0.3 is 29.5 Å². The van der Waals surface area contributed by atoms with Gasteiger partial charge in [-0.15, -0.1) is 0 Å². The van der Waals surface area contributed by atoms with Crippen LogP contribution in [-0.2, 0) is 30.7 Å². The highest BCUT2D eigenvalue weighted by molar-refractivity contribution is 6.12. The quantitative estimate of drug-likeness (QED) is 0.120. The van der Waals surface area contributed by atoms with Gasteiger partial charge in [-0.3, -0.25) is 19.2 Å². The van der Waals surface area contributed by atoms with Gasteiger partial charge in [0.05, 0.1) is 29.1 Å². The molecule has 0 spiro atoms. The summed E-state index contributed by atoms with van der Waals surface area (Å²) in [6.45, 7) is 2.29. The molecular formula is C37H34F3N3O9. The third-order valence-electron chi connectivity index (χ3n) is 7.92. The van der Waals surface area contributed by atoms with E-state index in [0.717, 1.165) is 24.4 Å². The van der Waals surface area contributed by atoms with Crippen LogP contribution in [0.15, 0.2) is 91.1 Å². The summed E-state index contributed by atoms with van der Waals surface area (Å²) >= 11 is 0. The first-order valence-corrected chi connectivity index (χ1v) is 15.7. The fourth-order valence-electron chi connectivity index (χ4n) is 4.87. The van der Waals surface area contributed by atoms with Gasteiger partial charge in [0.15, 0.2) is 0 Å². The van der Waals surface area contributed by atoms with E-state index in [4.69, 9.17) is 14.2 Å². The molecule has 1 aromatic heterocycles. The number of carbonyl (C=O) groups is 5. The molecule has 0 bridgehead atoms. The molecule has 2 amide bonds. The van der Waals surface area contributed by atoms with Crippen molar-refractivity contribution in [3.8, 4) is 17.0 Å². The number of hydrogen-bond donors (Lipinski definition) is 2. The lowest BCUT2D eigenvalue weighted by atomic mass is 9.81. The molecule has 4 rings (SSSR count). The van der Waals surface area contributed by atoms with Crippen LogP contribution in [0.4, 0.5) is 23.7 Å². The zero-order valence-corrected chi connectivity index (χ0v) is 28.4. The van der Waals surface area contributed by atoms with Crippen LogP contribution >= 0.6 is 0 Å². The molecule has 12 nitrogen and oxygen atoms in total. The lowest BCUT2D eigenvalue weighted by molar-refractivity contribution is -0.167. The molecule has 4 aromatic rings. The summed E-state index contributed by atoms with van der Waals surface area (Å²) in [5, 5.41) is 12.8. The highest BCUT2D eigenvalue weighted by atomic mass is 19.4. The van der Waals surface area contributed by atoms with E-state index in [2.05, 4.69) is 10.3 Å². The maximum atomic E-state index is 13.5. The Morgan fingerprint density at radius 3 is 2.12 bits per heavy atom. The number of amides is 2. The second kappa shape index (κ2) is 16.2. The van der Waals surface area contributed by atoms with E-state index in [1.54, 1.807) is 38.1 Å². The normalized spacial score (nSPS) is 12.8. The number of carbonyl (C=O) groups excluding carboxylic acids is 4. The molecule has 15 heteroatoms. The topological polar surface area (TPSA) is 161 Å². The standard InChI is InChI=1S/C37H34F3N3O9/c1-5-22(2)51-34(48)36(33(46)47,24-11-7-6-8-12-24)21-50-35(49)52-30-19-28(32(45)43(3)4)29(20-41-30)42-31(44)27-14-10-9-13-26(27)23-15-17-25(18-16-23)37(38,39)40/h6-20,22H,5,21H2,1-4H3,(H,42,44)(H,46,47). The van der Waals surface area contributed by atoms with Gasteiger partial charge in [-0.2, -0.15) is 13.2 Å². The first-order valence-electron chi connectivity index (χ1n) is 15.7. The number of anilines is 1. The maximum Gasteiger partial charge on any atom is 0.515 e. The van der Waals surface area contributed by atoms with Crippen LogP contribution in [0.1, 0.15) is 52.1 Å². The average Bonchev–Trinajstić information content (AvgIpc) is 3.12. The Morgan fingerprint density at radius 1 is 0.885 bits per heavy atom. The number of carboxylic acids is 1. The van der Waals surface area contributed by atoms with E-state index in [0.29, 0.717) is 17.5 Å². The average molecular weight is 722 g/mol. The summed E-state index contributed by atoms with van der Waals surface area (Å²) < 4.78 is 55.0. The fourth-order valence-corrected chi connectivity index (χ4v) is 4.87. The molecule has 0 aliphatic rings. The number of pyridine rings is 1. The molecule has 0 fully saturated rings. The zero-order chi connectivity index (χ0) is 38.2. The Hall–Kier alpha value is -6.25. The molecule has 3 aromatic carbocycles. The second-order valence-electron chi connectivity index (χ2n) is 11.7. The monoisotopic (exact) mass is 721 g/mol. The highest BCUT2D eigenvalue weighted by Gasteiger charge is 2.51. The first kappa shape index (κ1) is 38.6. The summed E-state index contributed by atoms with van der Waals surface area (Å²) in [5.74, 6) is -4.65. The van der Waals surface area contributed by atoms with Crippen LogP contribution in [0.5, 0.6) is 5.88 Å². The van der Waals surface area contributed by atoms with E-state index in [-0.39, 0.29) is 22.4 Å². The molecule has 0 saturated carbocycles. The van der Waals surface area contributed by atoms with Crippen molar-refractivity contribution in [1.29, 1.82) is 0 Å². The van der Waals surface area contributed by atoms with Gasteiger partial charge in [-0.05, 0) is 48.2 Å². The predicted molar refractivity (Wildman–Crippen MR) is 181 cm³/mol. The van der Waals surface area contributed by atoms with Gasteiger partial charge >= 0.3 is 24.3 Å². The number of esters is 1. The number of nitrogens with one attached hydrogen (secondary N) is 1. The molecule has 2 unspecified atom stereocenters. The minimum atomic E-state index is -4.54. The van der Waals surface area contributed by atoms with Gasteiger partial charge in [-0.25, -0.2) is 9.78 Å². The molecule has 2 atom stereocenters. The number of halogens is 3. The Balaban J connectivity index is 1.59. The van der Waals surface area contributed by atoms with Crippen LogP contribution in [-0.4, -0.2) is 71.7 Å². The molecule has 2 N–H and O–H groups in total. The van der Waals surface area contributed by atoms with Crippen molar-refractivity contribution < 1.29 is 56.5 Å². The molecule has 0 aliphatic carbocycles. The predicted octanol–water partition coefficient (Wildman–Crippen LogP) is 6.60. The number of hydrogen-bond acceptors (Lipinski definition) is 9. The van der Waals surface area contributed by atoms with Crippen molar-refractivity contribution in [2.45, 2.75) is 38.0 Å². The van der Waals surface area contributed by atoms with Crippen LogP contribution in [0, 0.1) is 0 Å². The van der Waals surface area contributed by atoms with E-state index >= 15 is 0 Å². The maximum absolute atomic E-state index is 13.5. The van der Waals surface area contributed by atoms with Gasteiger partial charge in [-0.1, -0.05) is 67.6 Å². The SMILES string of the molecule is CCC(C)OC(=O)C(COC(=O)Oc1cc(C(=O)N(C)C)c(NC(=O)c2ccccc2-c2ccc(C(F)(F)F)cc2)cn1)(C(=O)O)c1ccccc1. The number of benzene rings is 3. The molecular weight excluding hydrogens is 687 g/mol. The van der Waals surface area contributed by atoms with Gasteiger partial charge in [0.1, 0.15) is 6.61 Å². The Morgan fingerprint density at radius 2 is 1.52 bits per heavy atom. The second-order valence-corrected chi connectivity index (χ2v) is 11.7. The van der Waals surface area contributed by atoms with Crippen molar-refractivity contribution in [2.75, 3.05) is 26.0 Å². The van der Waals surface area contributed by atoms with Gasteiger partial charge in [0.2, 0.25) is 11.3 Å². The van der Waals surface area contributed by atoms with Crippen molar-refractivity contribution >= 4 is 35.6 Å². The van der Waals surface area contributed by atoms with Crippen molar-refractivity contribution in [2.24, 2.45) is 0 Å². The van der Waals surface area contributed by atoms with Crippen molar-refractivity contribution in [3.05, 3.63) is 113 Å². The summed E-state index contributed by atoms with van der Waals surface area (Å²) in [7, 11) is 2.85. The molecule has 0 aliphatic heterocycles. The number of alkyl halides is 3. The molecule has 52 heavy (non-hydrogen) atoms. The summed E-state index contributed by atoms with van der Waals surface area (Å²) in [5.41, 5.74) is -2.89. The number of rotatable bonds is 12. The molecule has 0 saturated heterocycles. The lowest BCUT2D eigenvalue weighted by Gasteiger charge is -2.28. The van der Waals surface area contributed by atoms with Crippen molar-refractivity contribution in [3.63, 3.8) is 0 Å². The van der Waals surface area contributed by atoms with E-state index in [1.807, 2.05) is 0 Å². The first-order chi connectivity index (χ1) is 24.6. The highest BCUT2D eigenvalue weighted by Crippen LogP contribution is 2.33. The number of aliphatic carboxylic acids is 1. The Bertz CT molecular complexity index is 1950. The molecule has 272 valence electrons. The van der Waals surface area contributed by atoms with Crippen LogP contribution in [0.25, 0.3) is 11.1 Å². The minimum absolute atomic E-state index is 0.0133. The van der Waals surface area contributed by atoms with Crippen LogP contribution in [0.2, 0.25) is 0 Å². The number of ether oxygens (including phenoxy) is 3. The minimum Gasteiger partial charge on any atom is -0.480 e. The molecule has 1 heterocycles. The molecule has 0 radical (unpaired) electrons. The van der Waals surface area contributed by atoms with Crippen LogP contribution < -0.4 is 10.1 Å².